The van der Waals surface area contributed by atoms with Gasteiger partial charge in [0.1, 0.15) is 11.5 Å². The molecular formula is C48H68N2O5. The molecule has 3 N–H and O–H groups in total. The van der Waals surface area contributed by atoms with Crippen molar-refractivity contribution in [3.05, 3.63) is 71.3 Å². The number of fused-ring (bicyclic) bond motifs is 7. The first-order valence-corrected chi connectivity index (χ1v) is 21.2. The monoisotopic (exact) mass is 753 g/mol. The number of hydrogen-bond donors (Lipinski definition) is 3. The molecule has 0 saturated heterocycles. The quantitative estimate of drug-likeness (QED) is 0.210. The highest BCUT2D eigenvalue weighted by Crippen LogP contribution is 2.77. The number of aliphatic hydroxyl groups is 1. The van der Waals surface area contributed by atoms with Crippen LogP contribution in [0.25, 0.3) is 0 Å². The summed E-state index contributed by atoms with van der Waals surface area (Å²) in [7, 11) is 3.26. The predicted octanol–water partition coefficient (Wildman–Crippen LogP) is 9.31. The third-order valence-corrected chi connectivity index (χ3v) is 17.3. The molecule has 2 unspecified atom stereocenters. The SMILES string of the molecule is C=C(C)[C@@H]1CC[C@]2(C(=O)NCc3cccc(C(=O)NCCc4cc(OC)cc(OC)c4)c3)CC[C@]3(C)C(CC[C@@H]4[C@@]5(C)CC[C@H](O)C(C)(C)C5CC[C@]43C)[C@@H]12. The maximum atomic E-state index is 14.8. The van der Waals surface area contributed by atoms with Crippen LogP contribution in [0.2, 0.25) is 0 Å². The van der Waals surface area contributed by atoms with Crippen LogP contribution in [-0.2, 0) is 17.8 Å². The van der Waals surface area contributed by atoms with Crippen molar-refractivity contribution in [2.24, 2.45) is 56.7 Å². The molecule has 0 aliphatic heterocycles. The first kappa shape index (κ1) is 39.9. The van der Waals surface area contributed by atoms with E-state index in [4.69, 9.17) is 9.47 Å². The van der Waals surface area contributed by atoms with E-state index >= 15 is 0 Å². The molecule has 5 aliphatic rings. The maximum absolute atomic E-state index is 14.8. The van der Waals surface area contributed by atoms with E-state index in [0.29, 0.717) is 54.7 Å². The Morgan fingerprint density at radius 1 is 0.800 bits per heavy atom. The van der Waals surface area contributed by atoms with Gasteiger partial charge in [0.25, 0.3) is 5.91 Å². The van der Waals surface area contributed by atoms with Crippen LogP contribution in [0, 0.1) is 56.7 Å². The third-order valence-electron chi connectivity index (χ3n) is 17.3. The summed E-state index contributed by atoms with van der Waals surface area (Å²) in [5.41, 5.74) is 3.90. The molecule has 0 radical (unpaired) electrons. The number of methoxy groups -OCH3 is 2. The fourth-order valence-corrected chi connectivity index (χ4v) is 14.1. The molecule has 0 bridgehead atoms. The number of rotatable bonds is 10. The van der Waals surface area contributed by atoms with Gasteiger partial charge < -0.3 is 25.2 Å². The molecule has 5 saturated carbocycles. The summed E-state index contributed by atoms with van der Waals surface area (Å²) >= 11 is 0. The highest BCUT2D eigenvalue weighted by atomic mass is 16.5. The molecule has 7 nitrogen and oxygen atoms in total. The summed E-state index contributed by atoms with van der Waals surface area (Å²) in [6.45, 7) is 20.1. The molecule has 7 rings (SSSR count). The molecule has 0 spiro atoms. The van der Waals surface area contributed by atoms with Gasteiger partial charge in [0.15, 0.2) is 0 Å². The molecule has 5 fully saturated rings. The molecule has 2 aromatic carbocycles. The number of carbonyl (C=O) groups excluding carboxylic acids is 2. The van der Waals surface area contributed by atoms with E-state index in [0.717, 1.165) is 61.2 Å². The van der Waals surface area contributed by atoms with Gasteiger partial charge in [0.2, 0.25) is 5.91 Å². The highest BCUT2D eigenvalue weighted by molar-refractivity contribution is 5.94. The summed E-state index contributed by atoms with van der Waals surface area (Å²) in [5, 5.41) is 17.6. The Morgan fingerprint density at radius 2 is 1.53 bits per heavy atom. The summed E-state index contributed by atoms with van der Waals surface area (Å²) < 4.78 is 10.8. The van der Waals surface area contributed by atoms with Crippen LogP contribution < -0.4 is 20.1 Å². The Morgan fingerprint density at radius 3 is 2.22 bits per heavy atom. The van der Waals surface area contributed by atoms with Crippen LogP contribution >= 0.6 is 0 Å². The maximum Gasteiger partial charge on any atom is 0.251 e. The molecule has 0 aromatic heterocycles. The molecule has 2 aromatic rings. The summed E-state index contributed by atoms with van der Waals surface area (Å²) in [4.78, 5) is 28.0. The second-order valence-corrected chi connectivity index (χ2v) is 19.8. The zero-order chi connectivity index (χ0) is 39.6. The second kappa shape index (κ2) is 14.6. The van der Waals surface area contributed by atoms with E-state index in [1.807, 2.05) is 42.5 Å². The molecule has 2 amide bonds. The van der Waals surface area contributed by atoms with Crippen molar-refractivity contribution < 1.29 is 24.2 Å². The van der Waals surface area contributed by atoms with Crippen LogP contribution in [0.5, 0.6) is 11.5 Å². The molecular weight excluding hydrogens is 685 g/mol. The topological polar surface area (TPSA) is 96.9 Å². The number of ether oxygens (including phenoxy) is 2. The first-order chi connectivity index (χ1) is 26.0. The van der Waals surface area contributed by atoms with Crippen LogP contribution in [0.1, 0.15) is 127 Å². The van der Waals surface area contributed by atoms with E-state index in [1.165, 1.54) is 31.3 Å². The zero-order valence-electron chi connectivity index (χ0n) is 35.0. The number of nitrogens with one attached hydrogen (secondary N) is 2. The third kappa shape index (κ3) is 6.43. The van der Waals surface area contributed by atoms with Crippen molar-refractivity contribution in [1.29, 1.82) is 0 Å². The van der Waals surface area contributed by atoms with Gasteiger partial charge in [0.05, 0.1) is 25.7 Å². The van der Waals surface area contributed by atoms with Crippen LogP contribution in [-0.4, -0.2) is 43.8 Å². The standard InChI is InChI=1S/C48H68N2O5/c1-30(2)36-15-21-48(43(53)50-29-32-11-10-12-33(25-32)42(52)49-24-18-31-26-34(54-8)28-35(27-31)55-9)23-22-46(6)37(41(36)48)13-14-39-45(5)19-17-40(51)44(3,4)38(45)16-20-47(39,46)7/h10-12,25-28,36-41,51H,1,13-24,29H2,2-9H3,(H,49,52)(H,50,53)/t36-,37?,38?,39+,40-,41+,45-,46+,47+,48-/m0/s1. The zero-order valence-corrected chi connectivity index (χ0v) is 35.0. The number of amides is 2. The van der Waals surface area contributed by atoms with Crippen molar-refractivity contribution in [3.63, 3.8) is 0 Å². The first-order valence-electron chi connectivity index (χ1n) is 21.2. The van der Waals surface area contributed by atoms with Gasteiger partial charge in [-0.05, 0) is 164 Å². The van der Waals surface area contributed by atoms with Gasteiger partial charge in [-0.1, -0.05) is 58.9 Å². The number of hydrogen-bond acceptors (Lipinski definition) is 5. The minimum absolute atomic E-state index is 0.0573. The smallest absolute Gasteiger partial charge is 0.251 e. The number of allylic oxidation sites excluding steroid dienone is 1. The lowest BCUT2D eigenvalue weighted by Gasteiger charge is -2.72. The Labute approximate surface area is 330 Å². The minimum Gasteiger partial charge on any atom is -0.497 e. The Bertz CT molecular complexity index is 1780. The van der Waals surface area contributed by atoms with E-state index in [2.05, 4.69) is 58.8 Å². The van der Waals surface area contributed by atoms with Crippen molar-refractivity contribution >= 4 is 11.8 Å². The van der Waals surface area contributed by atoms with Crippen LogP contribution in [0.3, 0.4) is 0 Å². The number of carbonyl (C=O) groups is 2. The van der Waals surface area contributed by atoms with Gasteiger partial charge in [-0.3, -0.25) is 9.59 Å². The van der Waals surface area contributed by atoms with E-state index in [9.17, 15) is 14.7 Å². The predicted molar refractivity (Wildman–Crippen MR) is 219 cm³/mol. The minimum atomic E-state index is -0.396. The molecule has 300 valence electrons. The summed E-state index contributed by atoms with van der Waals surface area (Å²) in [6, 6.07) is 13.4. The van der Waals surface area contributed by atoms with Crippen molar-refractivity contribution in [3.8, 4) is 11.5 Å². The molecule has 5 aliphatic carbocycles. The number of aliphatic hydroxyl groups excluding tert-OH is 1. The van der Waals surface area contributed by atoms with Gasteiger partial charge in [-0.15, -0.1) is 0 Å². The second-order valence-electron chi connectivity index (χ2n) is 19.8. The van der Waals surface area contributed by atoms with Crippen molar-refractivity contribution in [1.82, 2.24) is 10.6 Å². The van der Waals surface area contributed by atoms with Crippen molar-refractivity contribution in [2.45, 2.75) is 125 Å². The van der Waals surface area contributed by atoms with Crippen LogP contribution in [0.4, 0.5) is 0 Å². The lowest BCUT2D eigenvalue weighted by molar-refractivity contribution is -0.246. The molecule has 0 heterocycles. The highest BCUT2D eigenvalue weighted by Gasteiger charge is 2.71. The lowest BCUT2D eigenvalue weighted by atomic mass is 9.32. The van der Waals surface area contributed by atoms with Gasteiger partial charge in [-0.2, -0.15) is 0 Å². The summed E-state index contributed by atoms with van der Waals surface area (Å²) in [6.07, 6.45) is 11.2. The molecule has 7 heteroatoms. The number of benzene rings is 2. The normalized spacial score (nSPS) is 37.3. The summed E-state index contributed by atoms with van der Waals surface area (Å²) in [5.74, 6) is 3.80. The Hall–Kier alpha value is -3.32. The fraction of sp³-hybridized carbons (Fsp3) is 0.667. The average molecular weight is 753 g/mol. The fourth-order valence-electron chi connectivity index (χ4n) is 14.1. The largest absolute Gasteiger partial charge is 0.497 e. The van der Waals surface area contributed by atoms with E-state index < -0.39 is 5.41 Å². The molecule has 55 heavy (non-hydrogen) atoms. The van der Waals surface area contributed by atoms with Gasteiger partial charge in [0, 0.05) is 24.7 Å². The molecule has 10 atom stereocenters. The average Bonchev–Trinajstić information content (AvgIpc) is 3.57. The Balaban J connectivity index is 1.05. The van der Waals surface area contributed by atoms with E-state index in [1.54, 1.807) is 14.2 Å². The van der Waals surface area contributed by atoms with Gasteiger partial charge >= 0.3 is 0 Å². The lowest BCUT2D eigenvalue weighted by Crippen LogP contribution is -2.67. The van der Waals surface area contributed by atoms with E-state index in [-0.39, 0.29) is 39.6 Å². The van der Waals surface area contributed by atoms with Crippen molar-refractivity contribution in [2.75, 3.05) is 20.8 Å². The van der Waals surface area contributed by atoms with Gasteiger partial charge in [-0.25, -0.2) is 0 Å². The Kier molecular flexibility index (Phi) is 10.6. The van der Waals surface area contributed by atoms with Crippen LogP contribution in [0.15, 0.2) is 54.6 Å².